The Balaban J connectivity index is 1.86. The van der Waals surface area contributed by atoms with Gasteiger partial charge in [-0.05, 0) is 37.9 Å². The number of aryl methyl sites for hydroxylation is 1. The second-order valence-corrected chi connectivity index (χ2v) is 5.31. The lowest BCUT2D eigenvalue weighted by Gasteiger charge is -2.38. The molecule has 1 aliphatic heterocycles. The summed E-state index contributed by atoms with van der Waals surface area (Å²) in [5, 5.41) is 4.20. The van der Waals surface area contributed by atoms with Gasteiger partial charge in [-0.15, -0.1) is 0 Å². The van der Waals surface area contributed by atoms with Gasteiger partial charge in [0, 0.05) is 25.4 Å². The lowest BCUT2D eigenvalue weighted by Crippen LogP contribution is -2.41. The summed E-state index contributed by atoms with van der Waals surface area (Å²) in [4.78, 5) is 2.49. The third-order valence-corrected chi connectivity index (χ3v) is 3.72. The Morgan fingerprint density at radius 1 is 1.44 bits per heavy atom. The molecule has 1 saturated heterocycles. The number of hydrogen-bond donors (Lipinski definition) is 1. The zero-order valence-electron chi connectivity index (χ0n) is 10.3. The molecule has 0 unspecified atom stereocenters. The van der Waals surface area contributed by atoms with E-state index in [1.807, 2.05) is 17.9 Å². The maximum absolute atomic E-state index is 5.81. The molecule has 1 fully saturated rings. The summed E-state index contributed by atoms with van der Waals surface area (Å²) >= 11 is 0. The van der Waals surface area contributed by atoms with E-state index >= 15 is 0 Å². The second kappa shape index (κ2) is 4.55. The molecule has 0 atom stereocenters. The Hall–Kier alpha value is -0.870. The maximum atomic E-state index is 5.81. The fourth-order valence-electron chi connectivity index (χ4n) is 2.27. The fraction of sp³-hybridized carbons (Fsp3) is 0.750. The van der Waals surface area contributed by atoms with Gasteiger partial charge in [-0.25, -0.2) is 0 Å². The van der Waals surface area contributed by atoms with Crippen LogP contribution in [0.15, 0.2) is 12.4 Å². The lowest BCUT2D eigenvalue weighted by molar-refractivity contribution is 0.119. The summed E-state index contributed by atoms with van der Waals surface area (Å²) in [6.45, 7) is 6.45. The first-order valence-electron chi connectivity index (χ1n) is 6.01. The highest BCUT2D eigenvalue weighted by molar-refractivity contribution is 5.03. The lowest BCUT2D eigenvalue weighted by atomic mass is 9.80. The van der Waals surface area contributed by atoms with Crippen molar-refractivity contribution in [1.82, 2.24) is 14.7 Å². The molecule has 2 N–H and O–H groups in total. The monoisotopic (exact) mass is 222 g/mol. The van der Waals surface area contributed by atoms with E-state index in [0.717, 1.165) is 26.2 Å². The first-order chi connectivity index (χ1) is 7.61. The third-order valence-electron chi connectivity index (χ3n) is 3.72. The minimum absolute atomic E-state index is 0.367. The van der Waals surface area contributed by atoms with Crippen molar-refractivity contribution in [3.8, 4) is 0 Å². The highest BCUT2D eigenvalue weighted by Crippen LogP contribution is 2.29. The molecule has 0 bridgehead atoms. The van der Waals surface area contributed by atoms with Crippen molar-refractivity contribution in [2.24, 2.45) is 18.2 Å². The molecule has 0 aromatic carbocycles. The van der Waals surface area contributed by atoms with E-state index in [1.54, 1.807) is 0 Å². The summed E-state index contributed by atoms with van der Waals surface area (Å²) in [6, 6.07) is 0. The van der Waals surface area contributed by atoms with Crippen molar-refractivity contribution >= 4 is 0 Å². The zero-order chi connectivity index (χ0) is 11.6. The predicted molar refractivity (Wildman–Crippen MR) is 64.9 cm³/mol. The number of likely N-dealkylation sites (tertiary alicyclic amines) is 1. The minimum Gasteiger partial charge on any atom is -0.330 e. The van der Waals surface area contributed by atoms with Crippen LogP contribution in [0.25, 0.3) is 0 Å². The van der Waals surface area contributed by atoms with E-state index in [9.17, 15) is 0 Å². The molecule has 4 nitrogen and oxygen atoms in total. The molecule has 0 saturated carbocycles. The van der Waals surface area contributed by atoms with Crippen molar-refractivity contribution in [3.05, 3.63) is 18.0 Å². The molecule has 1 aromatic heterocycles. The van der Waals surface area contributed by atoms with E-state index in [0.29, 0.717) is 5.41 Å². The first-order valence-corrected chi connectivity index (χ1v) is 6.01. The molecular weight excluding hydrogens is 200 g/mol. The second-order valence-electron chi connectivity index (χ2n) is 5.31. The van der Waals surface area contributed by atoms with E-state index in [2.05, 4.69) is 23.1 Å². The number of rotatable bonds is 3. The summed E-state index contributed by atoms with van der Waals surface area (Å²) in [6.07, 6.45) is 6.47. The Morgan fingerprint density at radius 2 is 2.12 bits per heavy atom. The van der Waals surface area contributed by atoms with Gasteiger partial charge >= 0.3 is 0 Å². The number of nitrogens with two attached hydrogens (primary N) is 1. The van der Waals surface area contributed by atoms with Crippen molar-refractivity contribution < 1.29 is 0 Å². The average molecular weight is 222 g/mol. The van der Waals surface area contributed by atoms with Gasteiger partial charge in [0.25, 0.3) is 0 Å². The standard InChI is InChI=1S/C12H22N4/c1-12(10-13)3-5-16(6-4-12)9-11-7-14-15(2)8-11/h7-8H,3-6,9-10,13H2,1-2H3. The fourth-order valence-corrected chi connectivity index (χ4v) is 2.27. The molecule has 0 aliphatic carbocycles. The third kappa shape index (κ3) is 2.62. The number of hydrogen-bond acceptors (Lipinski definition) is 3. The van der Waals surface area contributed by atoms with Crippen LogP contribution in [0.5, 0.6) is 0 Å². The van der Waals surface area contributed by atoms with Crippen LogP contribution in [0, 0.1) is 5.41 Å². The molecule has 2 rings (SSSR count). The molecule has 1 aliphatic rings. The van der Waals surface area contributed by atoms with E-state index in [4.69, 9.17) is 5.73 Å². The molecule has 2 heterocycles. The van der Waals surface area contributed by atoms with Crippen molar-refractivity contribution in [3.63, 3.8) is 0 Å². The Labute approximate surface area is 97.4 Å². The summed E-state index contributed by atoms with van der Waals surface area (Å²) in [5.41, 5.74) is 7.48. The molecule has 16 heavy (non-hydrogen) atoms. The Morgan fingerprint density at radius 3 is 2.62 bits per heavy atom. The normalized spacial score (nSPS) is 21.2. The maximum Gasteiger partial charge on any atom is 0.0534 e. The average Bonchev–Trinajstić information content (AvgIpc) is 2.68. The van der Waals surface area contributed by atoms with Gasteiger partial charge in [-0.2, -0.15) is 5.10 Å². The van der Waals surface area contributed by atoms with Crippen LogP contribution < -0.4 is 5.73 Å². The number of nitrogens with zero attached hydrogens (tertiary/aromatic N) is 3. The molecule has 1 aromatic rings. The van der Waals surface area contributed by atoms with Crippen molar-refractivity contribution in [2.75, 3.05) is 19.6 Å². The van der Waals surface area contributed by atoms with Gasteiger partial charge in [0.05, 0.1) is 6.20 Å². The first kappa shape index (κ1) is 11.6. The summed E-state index contributed by atoms with van der Waals surface area (Å²) < 4.78 is 1.86. The van der Waals surface area contributed by atoms with Crippen LogP contribution in [0.3, 0.4) is 0 Å². The zero-order valence-corrected chi connectivity index (χ0v) is 10.3. The highest BCUT2D eigenvalue weighted by atomic mass is 15.2. The topological polar surface area (TPSA) is 47.1 Å². The van der Waals surface area contributed by atoms with Crippen LogP contribution in [0.1, 0.15) is 25.3 Å². The summed E-state index contributed by atoms with van der Waals surface area (Å²) in [5.74, 6) is 0. The number of aromatic nitrogens is 2. The molecule has 0 radical (unpaired) electrons. The quantitative estimate of drug-likeness (QED) is 0.829. The van der Waals surface area contributed by atoms with Crippen LogP contribution in [0.4, 0.5) is 0 Å². The van der Waals surface area contributed by atoms with Crippen molar-refractivity contribution in [2.45, 2.75) is 26.3 Å². The number of piperidine rings is 1. The molecule has 4 heteroatoms. The van der Waals surface area contributed by atoms with Crippen LogP contribution in [-0.4, -0.2) is 34.3 Å². The highest BCUT2D eigenvalue weighted by Gasteiger charge is 2.28. The molecule has 0 spiro atoms. The van der Waals surface area contributed by atoms with E-state index in [1.165, 1.54) is 18.4 Å². The predicted octanol–water partition coefficient (Wildman–Crippen LogP) is 0.981. The van der Waals surface area contributed by atoms with E-state index in [-0.39, 0.29) is 0 Å². The molecule has 0 amide bonds. The van der Waals surface area contributed by atoms with Crippen LogP contribution in [-0.2, 0) is 13.6 Å². The van der Waals surface area contributed by atoms with Gasteiger partial charge in [-0.3, -0.25) is 9.58 Å². The minimum atomic E-state index is 0.367. The molecule has 90 valence electrons. The Kier molecular flexibility index (Phi) is 3.30. The smallest absolute Gasteiger partial charge is 0.0534 e. The van der Waals surface area contributed by atoms with Gasteiger partial charge in [0.1, 0.15) is 0 Å². The van der Waals surface area contributed by atoms with E-state index < -0.39 is 0 Å². The van der Waals surface area contributed by atoms with Gasteiger partial charge in [0.2, 0.25) is 0 Å². The van der Waals surface area contributed by atoms with Crippen molar-refractivity contribution in [1.29, 1.82) is 0 Å². The largest absolute Gasteiger partial charge is 0.330 e. The Bertz CT molecular complexity index is 337. The van der Waals surface area contributed by atoms with Crippen LogP contribution in [0.2, 0.25) is 0 Å². The summed E-state index contributed by atoms with van der Waals surface area (Å²) in [7, 11) is 1.96. The van der Waals surface area contributed by atoms with Gasteiger partial charge < -0.3 is 5.73 Å². The SMILES string of the molecule is Cn1cc(CN2CCC(C)(CN)CC2)cn1. The van der Waals surface area contributed by atoms with Gasteiger partial charge in [-0.1, -0.05) is 6.92 Å². The van der Waals surface area contributed by atoms with Gasteiger partial charge in [0.15, 0.2) is 0 Å². The van der Waals surface area contributed by atoms with Crippen LogP contribution >= 0.6 is 0 Å². The molecular formula is C12H22N4.